The Morgan fingerprint density at radius 2 is 2.04 bits per heavy atom. The van der Waals surface area contributed by atoms with Gasteiger partial charge in [0.15, 0.2) is 0 Å². The zero-order valence-electron chi connectivity index (χ0n) is 13.9. The summed E-state index contributed by atoms with van der Waals surface area (Å²) in [5.74, 6) is -1.22. The first-order chi connectivity index (χ1) is 12.5. The van der Waals surface area contributed by atoms with Gasteiger partial charge in [-0.1, -0.05) is 18.2 Å². The predicted molar refractivity (Wildman–Crippen MR) is 92.4 cm³/mol. The summed E-state index contributed by atoms with van der Waals surface area (Å²) in [6.45, 7) is 1.79. The lowest BCUT2D eigenvalue weighted by Gasteiger charge is -2.35. The number of amides is 1. The maximum absolute atomic E-state index is 13.2. The first kappa shape index (κ1) is 16.0. The summed E-state index contributed by atoms with van der Waals surface area (Å²) >= 11 is 0. The molecule has 26 heavy (non-hydrogen) atoms. The molecule has 1 atom stereocenters. The fourth-order valence-corrected chi connectivity index (χ4v) is 3.62. The summed E-state index contributed by atoms with van der Waals surface area (Å²) in [5.41, 5.74) is 6.03. The molecule has 1 amide bonds. The fraction of sp³-hybridized carbons (Fsp3) is 0.158. The second-order valence-corrected chi connectivity index (χ2v) is 5.99. The number of carbonyl (C=O) groups is 2. The van der Waals surface area contributed by atoms with E-state index in [1.165, 1.54) is 12.1 Å². The Kier molecular flexibility index (Phi) is 3.40. The highest BCUT2D eigenvalue weighted by Gasteiger charge is 2.58. The van der Waals surface area contributed by atoms with Crippen LogP contribution in [0.3, 0.4) is 0 Å². The molecule has 2 aliphatic heterocycles. The lowest BCUT2D eigenvalue weighted by Crippen LogP contribution is -2.45. The smallest absolute Gasteiger partial charge is 0.341 e. The van der Waals surface area contributed by atoms with Gasteiger partial charge in [-0.2, -0.15) is 0 Å². The van der Waals surface area contributed by atoms with E-state index in [0.29, 0.717) is 16.8 Å². The molecular formula is C19H16N2O5. The largest absolute Gasteiger partial charge is 0.508 e. The number of nitrogens with two attached hydrogens (primary N) is 1. The van der Waals surface area contributed by atoms with Crippen molar-refractivity contribution in [2.24, 2.45) is 5.73 Å². The van der Waals surface area contributed by atoms with Gasteiger partial charge in [-0.25, -0.2) is 4.79 Å². The van der Waals surface area contributed by atoms with Crippen LogP contribution in [-0.2, 0) is 19.7 Å². The molecule has 2 aromatic rings. The molecule has 4 rings (SSSR count). The number of phenolic OH excluding ortho intramolecular Hbond substituents is 1. The number of phenols is 1. The van der Waals surface area contributed by atoms with Crippen molar-refractivity contribution in [2.75, 3.05) is 11.9 Å². The number of fused-ring (bicyclic) bond motifs is 4. The second-order valence-electron chi connectivity index (χ2n) is 5.99. The summed E-state index contributed by atoms with van der Waals surface area (Å²) in [6, 6.07) is 11.4. The van der Waals surface area contributed by atoms with Gasteiger partial charge in [-0.05, 0) is 25.1 Å². The van der Waals surface area contributed by atoms with Crippen LogP contribution in [0.4, 0.5) is 5.69 Å². The Labute approximate surface area is 149 Å². The molecule has 0 bridgehead atoms. The van der Waals surface area contributed by atoms with Crippen LogP contribution in [0.1, 0.15) is 18.1 Å². The van der Waals surface area contributed by atoms with Crippen molar-refractivity contribution in [3.05, 3.63) is 65.0 Å². The van der Waals surface area contributed by atoms with Gasteiger partial charge in [0.2, 0.25) is 11.8 Å². The Hall–Kier alpha value is -3.48. The number of hydrogen-bond acceptors (Lipinski definition) is 6. The van der Waals surface area contributed by atoms with Crippen molar-refractivity contribution in [3.63, 3.8) is 0 Å². The zero-order valence-corrected chi connectivity index (χ0v) is 13.9. The summed E-state index contributed by atoms with van der Waals surface area (Å²) in [5, 5.41) is 12.6. The predicted octanol–water partition coefficient (Wildman–Crippen LogP) is 1.76. The van der Waals surface area contributed by atoms with Crippen LogP contribution in [0.15, 0.2) is 53.9 Å². The number of aromatic hydroxyl groups is 1. The van der Waals surface area contributed by atoms with E-state index in [2.05, 4.69) is 5.32 Å². The van der Waals surface area contributed by atoms with E-state index < -0.39 is 17.3 Å². The molecular weight excluding hydrogens is 336 g/mol. The van der Waals surface area contributed by atoms with E-state index in [1.807, 2.05) is 0 Å². The summed E-state index contributed by atoms with van der Waals surface area (Å²) in [7, 11) is 0. The number of nitrogens with one attached hydrogen (secondary N) is 1. The molecule has 0 fully saturated rings. The first-order valence-electron chi connectivity index (χ1n) is 8.09. The van der Waals surface area contributed by atoms with Crippen molar-refractivity contribution in [1.29, 1.82) is 0 Å². The SMILES string of the molecule is CCOC(=O)C1=C(N)Oc2cc(O)ccc2[C@]12C(=O)Nc1ccccc12. The minimum absolute atomic E-state index is 0.0435. The molecule has 0 saturated carbocycles. The second kappa shape index (κ2) is 5.52. The zero-order chi connectivity index (χ0) is 18.5. The van der Waals surface area contributed by atoms with Crippen molar-refractivity contribution in [1.82, 2.24) is 0 Å². The van der Waals surface area contributed by atoms with Gasteiger partial charge in [0.25, 0.3) is 0 Å². The van der Waals surface area contributed by atoms with Crippen molar-refractivity contribution in [2.45, 2.75) is 12.3 Å². The van der Waals surface area contributed by atoms with Gasteiger partial charge in [0, 0.05) is 22.9 Å². The van der Waals surface area contributed by atoms with Gasteiger partial charge in [0.05, 0.1) is 6.61 Å². The van der Waals surface area contributed by atoms with E-state index in [0.717, 1.165) is 0 Å². The number of para-hydroxylation sites is 1. The van der Waals surface area contributed by atoms with Gasteiger partial charge in [-0.15, -0.1) is 0 Å². The third-order valence-electron chi connectivity index (χ3n) is 4.61. The number of esters is 1. The van der Waals surface area contributed by atoms with Crippen LogP contribution in [-0.4, -0.2) is 23.6 Å². The van der Waals surface area contributed by atoms with Gasteiger partial charge >= 0.3 is 5.97 Å². The van der Waals surface area contributed by atoms with E-state index in [-0.39, 0.29) is 29.6 Å². The lowest BCUT2D eigenvalue weighted by atomic mass is 9.68. The van der Waals surface area contributed by atoms with E-state index in [4.69, 9.17) is 15.2 Å². The van der Waals surface area contributed by atoms with Crippen LogP contribution in [0.5, 0.6) is 11.5 Å². The maximum atomic E-state index is 13.2. The van der Waals surface area contributed by atoms with Crippen LogP contribution < -0.4 is 15.8 Å². The average molecular weight is 352 g/mol. The Balaban J connectivity index is 2.09. The molecule has 0 aliphatic carbocycles. The molecule has 0 unspecified atom stereocenters. The molecule has 2 heterocycles. The quantitative estimate of drug-likeness (QED) is 0.710. The summed E-state index contributed by atoms with van der Waals surface area (Å²) in [6.07, 6.45) is 0. The van der Waals surface area contributed by atoms with Gasteiger partial charge < -0.3 is 25.6 Å². The number of hydrogen-bond donors (Lipinski definition) is 3. The molecule has 2 aliphatic rings. The number of carbonyl (C=O) groups excluding carboxylic acids is 2. The topological polar surface area (TPSA) is 111 Å². The number of rotatable bonds is 2. The molecule has 4 N–H and O–H groups in total. The Morgan fingerprint density at radius 3 is 2.81 bits per heavy atom. The average Bonchev–Trinajstić information content (AvgIpc) is 2.88. The minimum atomic E-state index is -1.51. The Morgan fingerprint density at radius 1 is 1.27 bits per heavy atom. The van der Waals surface area contributed by atoms with Crippen LogP contribution >= 0.6 is 0 Å². The lowest BCUT2D eigenvalue weighted by molar-refractivity contribution is -0.140. The number of benzene rings is 2. The number of ether oxygens (including phenoxy) is 2. The van der Waals surface area contributed by atoms with E-state index in [9.17, 15) is 14.7 Å². The van der Waals surface area contributed by atoms with Gasteiger partial charge in [-0.3, -0.25) is 4.79 Å². The summed E-state index contributed by atoms with van der Waals surface area (Å²) in [4.78, 5) is 25.9. The number of anilines is 1. The fourth-order valence-electron chi connectivity index (χ4n) is 3.62. The highest BCUT2D eigenvalue weighted by atomic mass is 16.5. The molecule has 1 spiro atoms. The standard InChI is InChI=1S/C19H16N2O5/c1-2-25-17(23)15-16(20)26-14-9-10(22)7-8-12(14)19(15)11-5-3-4-6-13(11)21-18(19)24/h3-9,22H,2,20H2,1H3,(H,21,24)/t19-/m0/s1. The Bertz CT molecular complexity index is 982. The molecule has 0 radical (unpaired) electrons. The van der Waals surface area contributed by atoms with Crippen LogP contribution in [0.25, 0.3) is 0 Å². The van der Waals surface area contributed by atoms with Crippen molar-refractivity contribution in [3.8, 4) is 11.5 Å². The molecule has 132 valence electrons. The third kappa shape index (κ3) is 1.94. The highest BCUT2D eigenvalue weighted by molar-refractivity contribution is 6.17. The molecule has 0 aromatic heterocycles. The van der Waals surface area contributed by atoms with Crippen LogP contribution in [0, 0.1) is 0 Å². The van der Waals surface area contributed by atoms with E-state index in [1.54, 1.807) is 37.3 Å². The van der Waals surface area contributed by atoms with Crippen molar-refractivity contribution >= 4 is 17.6 Å². The summed E-state index contributed by atoms with van der Waals surface area (Å²) < 4.78 is 10.7. The molecule has 0 saturated heterocycles. The molecule has 7 nitrogen and oxygen atoms in total. The van der Waals surface area contributed by atoms with Gasteiger partial charge in [0.1, 0.15) is 22.5 Å². The normalized spacial score (nSPS) is 20.3. The maximum Gasteiger partial charge on any atom is 0.341 e. The highest BCUT2D eigenvalue weighted by Crippen LogP contribution is 2.53. The van der Waals surface area contributed by atoms with Crippen LogP contribution in [0.2, 0.25) is 0 Å². The van der Waals surface area contributed by atoms with Crippen molar-refractivity contribution < 1.29 is 24.2 Å². The monoisotopic (exact) mass is 352 g/mol. The molecule has 2 aromatic carbocycles. The molecule has 7 heteroatoms. The first-order valence-corrected chi connectivity index (χ1v) is 8.09. The van der Waals surface area contributed by atoms with E-state index >= 15 is 0 Å². The third-order valence-corrected chi connectivity index (χ3v) is 4.61. The minimum Gasteiger partial charge on any atom is -0.508 e.